The molecule has 0 bridgehead atoms. The SMILES string of the molecule is Cc1ccc(-c2ccc3c(c2)c2cc(-c4ccc5oc6ccccc6c5c4)ccc2n3-c2cccc(-c3ccc4c(c3)-c3ccccc3C4)c2)cc1.Cc1ccccc1-c1ccccc1C. The van der Waals surface area contributed by atoms with Gasteiger partial charge in [-0.2, -0.15) is 0 Å². The normalized spacial score (nSPS) is 11.8. The predicted molar refractivity (Wildman–Crippen MR) is 279 cm³/mol. The second kappa shape index (κ2) is 16.1. The molecular weight excluding hydrogens is 799 g/mol. The Kier molecular flexibility index (Phi) is 9.61. The summed E-state index contributed by atoms with van der Waals surface area (Å²) < 4.78 is 8.60. The zero-order chi connectivity index (χ0) is 44.3. The molecule has 12 aromatic rings. The number of nitrogens with zero attached hydrogens (tertiary/aromatic N) is 1. The Labute approximate surface area is 385 Å². The van der Waals surface area contributed by atoms with E-state index in [1.807, 2.05) is 12.1 Å². The van der Waals surface area contributed by atoms with E-state index in [1.165, 1.54) is 105 Å². The molecule has 0 aliphatic heterocycles. The summed E-state index contributed by atoms with van der Waals surface area (Å²) >= 11 is 0. The molecule has 0 atom stereocenters. The van der Waals surface area contributed by atoms with Crippen LogP contribution in [0.4, 0.5) is 0 Å². The molecule has 2 heterocycles. The van der Waals surface area contributed by atoms with Gasteiger partial charge in [-0.3, -0.25) is 0 Å². The highest BCUT2D eigenvalue weighted by Gasteiger charge is 2.20. The van der Waals surface area contributed by atoms with Crippen LogP contribution in [-0.2, 0) is 6.42 Å². The van der Waals surface area contributed by atoms with Crippen molar-refractivity contribution < 1.29 is 4.42 Å². The lowest BCUT2D eigenvalue weighted by molar-refractivity contribution is 0.669. The predicted octanol–water partition coefficient (Wildman–Crippen LogP) is 17.5. The van der Waals surface area contributed by atoms with Crippen molar-refractivity contribution in [2.24, 2.45) is 0 Å². The minimum Gasteiger partial charge on any atom is -0.456 e. The van der Waals surface area contributed by atoms with E-state index in [0.29, 0.717) is 0 Å². The van der Waals surface area contributed by atoms with E-state index in [1.54, 1.807) is 0 Å². The Balaban J connectivity index is 0.000000279. The number of furan rings is 1. The first-order chi connectivity index (χ1) is 32.4. The van der Waals surface area contributed by atoms with E-state index in [4.69, 9.17) is 4.42 Å². The van der Waals surface area contributed by atoms with Gasteiger partial charge in [0.15, 0.2) is 0 Å². The van der Waals surface area contributed by atoms with Crippen LogP contribution in [0, 0.1) is 20.8 Å². The summed E-state index contributed by atoms with van der Waals surface area (Å²) in [5, 5.41) is 4.76. The molecule has 0 radical (unpaired) electrons. The highest BCUT2D eigenvalue weighted by molar-refractivity contribution is 6.12. The highest BCUT2D eigenvalue weighted by Crippen LogP contribution is 2.42. The summed E-state index contributed by atoms with van der Waals surface area (Å²) in [5.74, 6) is 0. The Morgan fingerprint density at radius 2 is 0.848 bits per heavy atom. The van der Waals surface area contributed by atoms with Gasteiger partial charge in [0, 0.05) is 27.2 Å². The second-order valence-electron chi connectivity index (χ2n) is 17.9. The summed E-state index contributed by atoms with van der Waals surface area (Å²) in [6, 6.07) is 79.4. The van der Waals surface area contributed by atoms with Crippen molar-refractivity contribution in [3.63, 3.8) is 0 Å². The molecule has 10 aromatic carbocycles. The van der Waals surface area contributed by atoms with Gasteiger partial charge in [-0.25, -0.2) is 0 Å². The van der Waals surface area contributed by atoms with Gasteiger partial charge in [0.2, 0.25) is 0 Å². The number of hydrogen-bond donors (Lipinski definition) is 0. The maximum absolute atomic E-state index is 6.16. The Bertz CT molecular complexity index is 3780. The topological polar surface area (TPSA) is 18.1 Å². The molecular formula is C64H47NO. The van der Waals surface area contributed by atoms with Crippen LogP contribution in [0.5, 0.6) is 0 Å². The molecule has 2 aromatic heterocycles. The molecule has 1 aliphatic carbocycles. The molecule has 2 heteroatoms. The van der Waals surface area contributed by atoms with Gasteiger partial charge in [0.25, 0.3) is 0 Å². The summed E-state index contributed by atoms with van der Waals surface area (Å²) in [6.07, 6.45) is 1.01. The van der Waals surface area contributed by atoms with Crippen molar-refractivity contribution in [2.75, 3.05) is 0 Å². The van der Waals surface area contributed by atoms with E-state index in [0.717, 1.165) is 34.0 Å². The van der Waals surface area contributed by atoms with Gasteiger partial charge in [-0.15, -0.1) is 0 Å². The molecule has 0 amide bonds. The lowest BCUT2D eigenvalue weighted by Crippen LogP contribution is -1.94. The second-order valence-corrected chi connectivity index (χ2v) is 17.9. The molecule has 13 rings (SSSR count). The smallest absolute Gasteiger partial charge is 0.135 e. The van der Waals surface area contributed by atoms with Gasteiger partial charge in [0.1, 0.15) is 11.2 Å². The van der Waals surface area contributed by atoms with Crippen LogP contribution >= 0.6 is 0 Å². The van der Waals surface area contributed by atoms with Crippen molar-refractivity contribution in [3.05, 3.63) is 246 Å². The Hall–Kier alpha value is -8.20. The average Bonchev–Trinajstić information content (AvgIpc) is 4.03. The van der Waals surface area contributed by atoms with E-state index in [-0.39, 0.29) is 0 Å². The van der Waals surface area contributed by atoms with Gasteiger partial charge in [-0.05, 0) is 166 Å². The Morgan fingerprint density at radius 1 is 0.333 bits per heavy atom. The van der Waals surface area contributed by atoms with Crippen molar-refractivity contribution in [3.8, 4) is 61.3 Å². The fraction of sp³-hybridized carbons (Fsp3) is 0.0625. The van der Waals surface area contributed by atoms with Crippen molar-refractivity contribution >= 4 is 43.7 Å². The lowest BCUT2D eigenvalue weighted by atomic mass is 9.97. The van der Waals surface area contributed by atoms with Crippen LogP contribution in [0.25, 0.3) is 105 Å². The summed E-state index contributed by atoms with van der Waals surface area (Å²) in [6.45, 7) is 6.45. The van der Waals surface area contributed by atoms with Crippen LogP contribution in [0.1, 0.15) is 27.8 Å². The van der Waals surface area contributed by atoms with Crippen LogP contribution in [0.2, 0.25) is 0 Å². The van der Waals surface area contributed by atoms with Crippen LogP contribution in [0.15, 0.2) is 223 Å². The molecule has 2 nitrogen and oxygen atoms in total. The summed E-state index contributed by atoms with van der Waals surface area (Å²) in [5.41, 5.74) is 24.8. The van der Waals surface area contributed by atoms with Crippen molar-refractivity contribution in [1.29, 1.82) is 0 Å². The van der Waals surface area contributed by atoms with Gasteiger partial charge >= 0.3 is 0 Å². The van der Waals surface area contributed by atoms with Crippen LogP contribution in [-0.4, -0.2) is 4.57 Å². The third-order valence-electron chi connectivity index (χ3n) is 13.7. The minimum atomic E-state index is 0.915. The monoisotopic (exact) mass is 845 g/mol. The van der Waals surface area contributed by atoms with E-state index < -0.39 is 0 Å². The maximum Gasteiger partial charge on any atom is 0.135 e. The third kappa shape index (κ3) is 6.90. The number of hydrogen-bond acceptors (Lipinski definition) is 1. The fourth-order valence-corrected chi connectivity index (χ4v) is 10.2. The Morgan fingerprint density at radius 3 is 1.56 bits per heavy atom. The standard InChI is InChI=1S/C50H33NO.C14H14/c1-31-13-15-32(16-14-31)34-19-22-47-44(28-34)45-29-36(37-21-24-50-46(30-37)42-11-4-5-12-49(42)52-50)20-23-48(45)51(47)40-9-6-8-33(26-40)35-17-18-39-25-38-7-2-3-10-41(38)43(39)27-35;1-11-7-3-5-9-13(11)14-10-6-4-8-12(14)2/h2-24,26-30H,25H2,1H3;3-10H,1-2H3. The number of aromatic nitrogens is 1. The molecule has 0 N–H and O–H groups in total. The molecule has 0 saturated carbocycles. The molecule has 0 unspecified atom stereocenters. The molecule has 0 spiro atoms. The van der Waals surface area contributed by atoms with Crippen molar-refractivity contribution in [2.45, 2.75) is 27.2 Å². The lowest BCUT2D eigenvalue weighted by Gasteiger charge is -2.12. The zero-order valence-electron chi connectivity index (χ0n) is 37.3. The molecule has 66 heavy (non-hydrogen) atoms. The summed E-state index contributed by atoms with van der Waals surface area (Å²) in [7, 11) is 0. The number of aryl methyl sites for hydroxylation is 3. The van der Waals surface area contributed by atoms with Crippen LogP contribution < -0.4 is 0 Å². The van der Waals surface area contributed by atoms with Gasteiger partial charge < -0.3 is 8.98 Å². The van der Waals surface area contributed by atoms with Gasteiger partial charge in [0.05, 0.1) is 11.0 Å². The molecule has 0 fully saturated rings. The summed E-state index contributed by atoms with van der Waals surface area (Å²) in [4.78, 5) is 0. The zero-order valence-corrected chi connectivity index (χ0v) is 37.3. The van der Waals surface area contributed by atoms with Crippen LogP contribution in [0.3, 0.4) is 0 Å². The number of benzene rings is 10. The highest BCUT2D eigenvalue weighted by atomic mass is 16.3. The number of fused-ring (bicyclic) bond motifs is 9. The van der Waals surface area contributed by atoms with E-state index >= 15 is 0 Å². The first-order valence-electron chi connectivity index (χ1n) is 22.9. The molecule has 0 saturated heterocycles. The van der Waals surface area contributed by atoms with Crippen molar-refractivity contribution in [1.82, 2.24) is 4.57 Å². The number of rotatable bonds is 5. The van der Waals surface area contributed by atoms with E-state index in [2.05, 4.69) is 232 Å². The number of para-hydroxylation sites is 1. The average molecular weight is 846 g/mol. The molecule has 1 aliphatic rings. The third-order valence-corrected chi connectivity index (χ3v) is 13.7. The largest absolute Gasteiger partial charge is 0.456 e. The molecule has 314 valence electrons. The quantitative estimate of drug-likeness (QED) is 0.169. The fourth-order valence-electron chi connectivity index (χ4n) is 10.2. The minimum absolute atomic E-state index is 0.915. The maximum atomic E-state index is 6.16. The first-order valence-corrected chi connectivity index (χ1v) is 22.9. The van der Waals surface area contributed by atoms with E-state index in [9.17, 15) is 0 Å². The first kappa shape index (κ1) is 39.4. The van der Waals surface area contributed by atoms with Gasteiger partial charge in [-0.1, -0.05) is 163 Å².